The summed E-state index contributed by atoms with van der Waals surface area (Å²) in [6, 6.07) is 9.21. The summed E-state index contributed by atoms with van der Waals surface area (Å²) in [7, 11) is -3.75. The normalized spacial score (nSPS) is 19.0. The van der Waals surface area contributed by atoms with Gasteiger partial charge in [-0.05, 0) is 55.2 Å². The predicted octanol–water partition coefficient (Wildman–Crippen LogP) is 1.76. The van der Waals surface area contributed by atoms with Gasteiger partial charge < -0.3 is 4.90 Å². The van der Waals surface area contributed by atoms with Crippen molar-refractivity contribution in [3.05, 3.63) is 36.2 Å². The second-order valence-electron chi connectivity index (χ2n) is 6.88. The number of likely N-dealkylation sites (tertiary alicyclic amines) is 1. The van der Waals surface area contributed by atoms with Gasteiger partial charge in [-0.1, -0.05) is 25.1 Å². The van der Waals surface area contributed by atoms with Crippen LogP contribution < -0.4 is 0 Å². The predicted molar refractivity (Wildman–Crippen MR) is 101 cm³/mol. The van der Waals surface area contributed by atoms with E-state index in [1.165, 1.54) is 11.6 Å². The fourth-order valence-corrected chi connectivity index (χ4v) is 4.71. The molecular formula is C18H25N5O3S. The highest BCUT2D eigenvalue weighted by atomic mass is 32.2. The van der Waals surface area contributed by atoms with Crippen molar-refractivity contribution in [1.29, 1.82) is 0 Å². The van der Waals surface area contributed by atoms with Crippen LogP contribution >= 0.6 is 0 Å². The third-order valence-corrected chi connectivity index (χ3v) is 7.07. The lowest BCUT2D eigenvalue weighted by molar-refractivity contribution is -0.134. The van der Waals surface area contributed by atoms with E-state index in [1.54, 1.807) is 17.0 Å². The summed E-state index contributed by atoms with van der Waals surface area (Å²) >= 11 is 0. The quantitative estimate of drug-likeness (QED) is 0.744. The second kappa shape index (κ2) is 8.16. The average Bonchev–Trinajstić information content (AvgIpc) is 3.14. The Labute approximate surface area is 159 Å². The first-order valence-electron chi connectivity index (χ1n) is 9.28. The smallest absolute Gasteiger partial charge is 0.240 e. The Hall–Kier alpha value is -2.29. The van der Waals surface area contributed by atoms with Gasteiger partial charge in [0.2, 0.25) is 5.91 Å². The molecule has 1 aromatic carbocycles. The van der Waals surface area contributed by atoms with Crippen molar-refractivity contribution in [3.63, 3.8) is 0 Å². The molecule has 9 heteroatoms. The summed E-state index contributed by atoms with van der Waals surface area (Å²) in [4.78, 5) is 14.6. The third kappa shape index (κ3) is 4.18. The van der Waals surface area contributed by atoms with Crippen molar-refractivity contribution in [2.24, 2.45) is 0 Å². The number of para-hydroxylation sites is 1. The molecule has 0 aliphatic carbocycles. The van der Waals surface area contributed by atoms with Crippen LogP contribution in [0.2, 0.25) is 0 Å². The second-order valence-corrected chi connectivity index (χ2v) is 9.20. The fourth-order valence-electron chi connectivity index (χ4n) is 3.47. The molecule has 1 fully saturated rings. The molecule has 0 unspecified atom stereocenters. The maximum atomic E-state index is 12.9. The van der Waals surface area contributed by atoms with Gasteiger partial charge in [-0.2, -0.15) is 4.68 Å². The van der Waals surface area contributed by atoms with E-state index in [4.69, 9.17) is 0 Å². The Kier molecular flexibility index (Phi) is 5.88. The lowest BCUT2D eigenvalue weighted by Crippen LogP contribution is -2.49. The number of aromatic nitrogens is 4. The number of tetrazole rings is 1. The molecule has 0 bridgehead atoms. The molecule has 3 rings (SSSR count). The number of benzene rings is 1. The van der Waals surface area contributed by atoms with Crippen LogP contribution in [0.15, 0.2) is 30.3 Å². The summed E-state index contributed by atoms with van der Waals surface area (Å²) in [5.41, 5.74) is 0.675. The van der Waals surface area contributed by atoms with Crippen LogP contribution in [0.25, 0.3) is 5.69 Å². The zero-order valence-corrected chi connectivity index (χ0v) is 16.5. The van der Waals surface area contributed by atoms with Crippen molar-refractivity contribution < 1.29 is 13.2 Å². The van der Waals surface area contributed by atoms with Crippen LogP contribution in [0, 0.1) is 0 Å². The number of piperidine rings is 1. The number of amides is 1. The molecule has 1 aromatic heterocycles. The number of hydrogen-bond acceptors (Lipinski definition) is 6. The molecule has 1 saturated heterocycles. The highest BCUT2D eigenvalue weighted by molar-refractivity contribution is 7.92. The number of hydrogen-bond donors (Lipinski definition) is 0. The van der Waals surface area contributed by atoms with Crippen LogP contribution in [-0.2, 0) is 20.4 Å². The minimum absolute atomic E-state index is 0.124. The van der Waals surface area contributed by atoms with Gasteiger partial charge >= 0.3 is 0 Å². The Morgan fingerprint density at radius 1 is 1.26 bits per heavy atom. The zero-order chi connectivity index (χ0) is 19.4. The Morgan fingerprint density at radius 3 is 2.70 bits per heavy atom. The molecule has 1 aliphatic heterocycles. The van der Waals surface area contributed by atoms with E-state index in [-0.39, 0.29) is 23.5 Å². The summed E-state index contributed by atoms with van der Waals surface area (Å²) in [6.45, 7) is 4.12. The van der Waals surface area contributed by atoms with Gasteiger partial charge in [-0.25, -0.2) is 8.42 Å². The van der Waals surface area contributed by atoms with Gasteiger partial charge in [0.05, 0.1) is 5.69 Å². The largest absolute Gasteiger partial charge is 0.339 e. The maximum Gasteiger partial charge on any atom is 0.240 e. The minimum Gasteiger partial charge on any atom is -0.339 e. The molecule has 27 heavy (non-hydrogen) atoms. The lowest BCUT2D eigenvalue weighted by Gasteiger charge is -2.36. The molecule has 2 heterocycles. The van der Waals surface area contributed by atoms with E-state index in [1.807, 2.05) is 25.1 Å². The standard InChI is InChI=1S/C18H25N5O3S/c1-3-15-9-7-8-12-22(15)18(24)14(2)27(25,26)13-17-19-20-21-23(17)16-10-5-4-6-11-16/h4-6,10-11,14-15H,3,7-9,12-13H2,1-2H3/t14-,15+/m0/s1. The molecule has 0 radical (unpaired) electrons. The molecule has 2 aromatic rings. The van der Waals surface area contributed by atoms with Crippen molar-refractivity contribution in [1.82, 2.24) is 25.1 Å². The van der Waals surface area contributed by atoms with E-state index < -0.39 is 15.1 Å². The Bertz CT molecular complexity index is 881. The van der Waals surface area contributed by atoms with Crippen LogP contribution in [0.5, 0.6) is 0 Å². The summed E-state index contributed by atoms with van der Waals surface area (Å²) < 4.78 is 27.2. The topological polar surface area (TPSA) is 98.1 Å². The molecule has 0 saturated carbocycles. The van der Waals surface area contributed by atoms with E-state index in [2.05, 4.69) is 15.5 Å². The van der Waals surface area contributed by atoms with Crippen molar-refractivity contribution in [2.75, 3.05) is 6.54 Å². The Morgan fingerprint density at radius 2 is 2.00 bits per heavy atom. The van der Waals surface area contributed by atoms with Gasteiger partial charge in [0.25, 0.3) is 0 Å². The molecule has 0 spiro atoms. The number of rotatable bonds is 6. The van der Waals surface area contributed by atoms with E-state index >= 15 is 0 Å². The van der Waals surface area contributed by atoms with E-state index in [9.17, 15) is 13.2 Å². The first kappa shape index (κ1) is 19.5. The molecule has 0 N–H and O–H groups in total. The van der Waals surface area contributed by atoms with Crippen LogP contribution in [0.1, 0.15) is 45.4 Å². The number of nitrogens with zero attached hydrogens (tertiary/aromatic N) is 5. The molecule has 2 atom stereocenters. The van der Waals surface area contributed by atoms with Gasteiger partial charge in [0.1, 0.15) is 11.0 Å². The van der Waals surface area contributed by atoms with Gasteiger partial charge in [0.15, 0.2) is 15.7 Å². The molecule has 146 valence electrons. The first-order valence-corrected chi connectivity index (χ1v) is 11.0. The lowest BCUT2D eigenvalue weighted by atomic mass is 10.00. The number of carbonyl (C=O) groups is 1. The monoisotopic (exact) mass is 391 g/mol. The molecule has 8 nitrogen and oxygen atoms in total. The Balaban J connectivity index is 1.79. The number of carbonyl (C=O) groups excluding carboxylic acids is 1. The maximum absolute atomic E-state index is 12.9. The highest BCUT2D eigenvalue weighted by Crippen LogP contribution is 2.23. The fraction of sp³-hybridized carbons (Fsp3) is 0.556. The van der Waals surface area contributed by atoms with E-state index in [0.29, 0.717) is 12.2 Å². The van der Waals surface area contributed by atoms with Gasteiger partial charge in [-0.15, -0.1) is 5.10 Å². The van der Waals surface area contributed by atoms with E-state index in [0.717, 1.165) is 25.7 Å². The van der Waals surface area contributed by atoms with Gasteiger partial charge in [-0.3, -0.25) is 4.79 Å². The first-order chi connectivity index (χ1) is 12.9. The zero-order valence-electron chi connectivity index (χ0n) is 15.7. The van der Waals surface area contributed by atoms with Crippen LogP contribution in [0.4, 0.5) is 0 Å². The SMILES string of the molecule is CC[C@@H]1CCCCN1C(=O)[C@H](C)S(=O)(=O)Cc1nnnn1-c1ccccc1. The van der Waals surface area contributed by atoms with Crippen LogP contribution in [-0.4, -0.2) is 57.3 Å². The summed E-state index contributed by atoms with van der Waals surface area (Å²) in [5.74, 6) is -0.501. The highest BCUT2D eigenvalue weighted by Gasteiger charge is 2.36. The van der Waals surface area contributed by atoms with Gasteiger partial charge in [0, 0.05) is 12.6 Å². The molecule has 1 aliphatic rings. The van der Waals surface area contributed by atoms with Crippen LogP contribution in [0.3, 0.4) is 0 Å². The van der Waals surface area contributed by atoms with Crippen molar-refractivity contribution >= 4 is 15.7 Å². The summed E-state index contributed by atoms with van der Waals surface area (Å²) in [5, 5.41) is 10.2. The molecule has 1 amide bonds. The minimum atomic E-state index is -3.75. The number of sulfone groups is 1. The average molecular weight is 391 g/mol. The third-order valence-electron chi connectivity index (χ3n) is 5.13. The van der Waals surface area contributed by atoms with Crippen molar-refractivity contribution in [3.8, 4) is 5.69 Å². The van der Waals surface area contributed by atoms with Crippen molar-refractivity contribution in [2.45, 2.75) is 56.6 Å². The summed E-state index contributed by atoms with van der Waals surface area (Å²) in [6.07, 6.45) is 3.77. The molecular weight excluding hydrogens is 366 g/mol.